The molecule has 0 amide bonds. The van der Waals surface area contributed by atoms with Crippen LogP contribution in [0.5, 0.6) is 0 Å². The fourth-order valence-corrected chi connectivity index (χ4v) is 10.8. The zero-order chi connectivity index (χ0) is 23.3. The zero-order valence-corrected chi connectivity index (χ0v) is 21.9. The molecule has 4 fully saturated rings. The topological polar surface area (TPSA) is 37.3 Å². The van der Waals surface area contributed by atoms with Crippen molar-refractivity contribution in [3.8, 4) is 0 Å². The lowest BCUT2D eigenvalue weighted by Gasteiger charge is -2.62. The molecular formula is C30H48O2. The van der Waals surface area contributed by atoms with E-state index in [9.17, 15) is 9.90 Å². The summed E-state index contributed by atoms with van der Waals surface area (Å²) in [5.41, 5.74) is 2.58. The van der Waals surface area contributed by atoms with Crippen LogP contribution in [0, 0.1) is 50.7 Å². The summed E-state index contributed by atoms with van der Waals surface area (Å²) in [6, 6.07) is 0. The smallest absolute Gasteiger partial charge is 0.138 e. The number of Topliss-reactive ketones (excluding diaryl/α,β-unsaturated/α-hetero) is 1. The van der Waals surface area contributed by atoms with Crippen LogP contribution in [0.15, 0.2) is 11.6 Å². The maximum absolute atomic E-state index is 12.9. The second-order valence-electron chi connectivity index (χ2n) is 14.7. The van der Waals surface area contributed by atoms with Crippen LogP contribution in [0.1, 0.15) is 113 Å². The molecule has 1 N–H and O–H groups in total. The van der Waals surface area contributed by atoms with Crippen LogP contribution >= 0.6 is 0 Å². The lowest BCUT2D eigenvalue weighted by atomic mass is 9.42. The third-order valence-electron chi connectivity index (χ3n) is 12.6. The van der Waals surface area contributed by atoms with E-state index >= 15 is 0 Å². The van der Waals surface area contributed by atoms with Crippen molar-refractivity contribution < 1.29 is 9.90 Å². The molecule has 0 aromatic carbocycles. The first-order valence-corrected chi connectivity index (χ1v) is 13.7. The van der Waals surface area contributed by atoms with Gasteiger partial charge in [0, 0.05) is 11.8 Å². The van der Waals surface area contributed by atoms with Crippen molar-refractivity contribution in [2.24, 2.45) is 50.7 Å². The van der Waals surface area contributed by atoms with Gasteiger partial charge in [-0.3, -0.25) is 4.79 Å². The SMILES string of the molecule is CC1(C)C(=O)CC[C@@]2(C)[C@@H]1CC[C@@]1(C)CC3=CC[C@H]4C(C)(C)[C@H](O)CC[C@]4(C)[C@H]3CC[C@@H]12. The summed E-state index contributed by atoms with van der Waals surface area (Å²) in [6.45, 7) is 16.9. The predicted octanol–water partition coefficient (Wildman–Crippen LogP) is 7.35. The number of allylic oxidation sites excluding steroid dienone is 2. The molecule has 0 aliphatic heterocycles. The van der Waals surface area contributed by atoms with Gasteiger partial charge in [0.2, 0.25) is 0 Å². The maximum atomic E-state index is 12.9. The molecular weight excluding hydrogens is 392 g/mol. The molecule has 4 saturated carbocycles. The summed E-state index contributed by atoms with van der Waals surface area (Å²) in [7, 11) is 0. The van der Waals surface area contributed by atoms with E-state index in [2.05, 4.69) is 54.5 Å². The highest BCUT2D eigenvalue weighted by atomic mass is 16.3. The number of carbonyl (C=O) groups excluding carboxylic acids is 1. The molecule has 0 spiro atoms. The van der Waals surface area contributed by atoms with Crippen molar-refractivity contribution in [3.05, 3.63) is 11.6 Å². The van der Waals surface area contributed by atoms with Crippen LogP contribution in [0.4, 0.5) is 0 Å². The average Bonchev–Trinajstić information content (AvgIpc) is 2.86. The van der Waals surface area contributed by atoms with Gasteiger partial charge >= 0.3 is 0 Å². The van der Waals surface area contributed by atoms with Gasteiger partial charge in [0.15, 0.2) is 0 Å². The lowest BCUT2D eigenvalue weighted by molar-refractivity contribution is -0.159. The first-order chi connectivity index (χ1) is 14.8. The average molecular weight is 441 g/mol. The van der Waals surface area contributed by atoms with Crippen LogP contribution in [0.3, 0.4) is 0 Å². The Balaban J connectivity index is 1.51. The van der Waals surface area contributed by atoms with Crippen molar-refractivity contribution in [3.63, 3.8) is 0 Å². The molecule has 0 heterocycles. The Bertz CT molecular complexity index is 836. The van der Waals surface area contributed by atoms with Crippen molar-refractivity contribution in [1.82, 2.24) is 0 Å². The van der Waals surface area contributed by atoms with Gasteiger partial charge in [0.05, 0.1) is 6.10 Å². The van der Waals surface area contributed by atoms with Gasteiger partial charge in [-0.15, -0.1) is 0 Å². The Morgan fingerprint density at radius 1 is 0.812 bits per heavy atom. The quantitative estimate of drug-likeness (QED) is 0.400. The molecule has 32 heavy (non-hydrogen) atoms. The van der Waals surface area contributed by atoms with Crippen molar-refractivity contribution in [2.45, 2.75) is 119 Å². The Kier molecular flexibility index (Phi) is 5.03. The van der Waals surface area contributed by atoms with Gasteiger partial charge in [-0.1, -0.05) is 60.1 Å². The highest BCUT2D eigenvalue weighted by molar-refractivity contribution is 5.85. The Morgan fingerprint density at radius 2 is 1.53 bits per heavy atom. The van der Waals surface area contributed by atoms with E-state index in [4.69, 9.17) is 0 Å². The van der Waals surface area contributed by atoms with Gasteiger partial charge in [-0.2, -0.15) is 0 Å². The Labute approximate surface area is 197 Å². The standard InChI is InChI=1S/C30H48O2/c1-26(2)21-10-8-19-18-28(5)15-12-22-27(3,4)25(32)14-17-30(22,7)23(28)11-9-20(19)29(21,6)16-13-24(26)31/h8,20-24,31H,9-18H2,1-7H3/t20-,21-,22+,23-,24+,28-,29+,30-/m0/s1. The van der Waals surface area contributed by atoms with Gasteiger partial charge in [-0.05, 0) is 103 Å². The van der Waals surface area contributed by atoms with Crippen LogP contribution in [0.2, 0.25) is 0 Å². The zero-order valence-electron chi connectivity index (χ0n) is 21.9. The molecule has 0 aromatic rings. The minimum absolute atomic E-state index is 0.00280. The lowest BCUT2D eigenvalue weighted by Crippen LogP contribution is -2.57. The molecule has 5 rings (SSSR count). The number of aliphatic hydroxyl groups is 1. The Hall–Kier alpha value is -0.630. The summed E-state index contributed by atoms with van der Waals surface area (Å²) in [5, 5.41) is 10.8. The third-order valence-corrected chi connectivity index (χ3v) is 12.6. The molecule has 0 unspecified atom stereocenters. The third kappa shape index (κ3) is 2.89. The van der Waals surface area contributed by atoms with Gasteiger partial charge in [0.25, 0.3) is 0 Å². The second-order valence-corrected chi connectivity index (χ2v) is 14.7. The van der Waals surface area contributed by atoms with Crippen molar-refractivity contribution in [1.29, 1.82) is 0 Å². The Morgan fingerprint density at radius 3 is 2.25 bits per heavy atom. The molecule has 2 heteroatoms. The largest absolute Gasteiger partial charge is 0.393 e. The van der Waals surface area contributed by atoms with E-state index < -0.39 is 0 Å². The molecule has 2 nitrogen and oxygen atoms in total. The maximum Gasteiger partial charge on any atom is 0.138 e. The van der Waals surface area contributed by atoms with Crippen molar-refractivity contribution >= 4 is 5.78 Å². The fourth-order valence-electron chi connectivity index (χ4n) is 10.8. The molecule has 0 bridgehead atoms. The van der Waals surface area contributed by atoms with Gasteiger partial charge in [0.1, 0.15) is 5.78 Å². The number of ketones is 1. The van der Waals surface area contributed by atoms with E-state index in [1.165, 1.54) is 38.5 Å². The minimum atomic E-state index is -0.164. The van der Waals surface area contributed by atoms with Crippen LogP contribution in [-0.2, 0) is 4.79 Å². The first kappa shape index (κ1) is 23.1. The number of hydrogen-bond acceptors (Lipinski definition) is 2. The number of aliphatic hydroxyl groups excluding tert-OH is 1. The molecule has 5 aliphatic rings. The number of hydrogen-bond donors (Lipinski definition) is 1. The molecule has 180 valence electrons. The molecule has 0 saturated heterocycles. The number of rotatable bonds is 0. The van der Waals surface area contributed by atoms with E-state index in [0.29, 0.717) is 39.8 Å². The van der Waals surface area contributed by atoms with E-state index in [0.717, 1.165) is 31.6 Å². The molecule has 8 atom stereocenters. The molecule has 0 radical (unpaired) electrons. The van der Waals surface area contributed by atoms with Gasteiger partial charge < -0.3 is 5.11 Å². The van der Waals surface area contributed by atoms with E-state index in [1.54, 1.807) is 5.57 Å². The predicted molar refractivity (Wildman–Crippen MR) is 131 cm³/mol. The monoisotopic (exact) mass is 440 g/mol. The van der Waals surface area contributed by atoms with Gasteiger partial charge in [-0.25, -0.2) is 0 Å². The van der Waals surface area contributed by atoms with Crippen LogP contribution in [-0.4, -0.2) is 17.0 Å². The summed E-state index contributed by atoms with van der Waals surface area (Å²) in [4.78, 5) is 12.9. The number of fused-ring (bicyclic) bond motifs is 6. The number of carbonyl (C=O) groups is 1. The van der Waals surface area contributed by atoms with Crippen LogP contribution < -0.4 is 0 Å². The second kappa shape index (κ2) is 6.96. The summed E-state index contributed by atoms with van der Waals surface area (Å²) in [6.07, 6.45) is 14.0. The van der Waals surface area contributed by atoms with Crippen LogP contribution in [0.25, 0.3) is 0 Å². The first-order valence-electron chi connectivity index (χ1n) is 13.7. The highest BCUT2D eigenvalue weighted by Crippen LogP contribution is 2.69. The fraction of sp³-hybridized carbons (Fsp3) is 0.900. The van der Waals surface area contributed by atoms with E-state index in [1.807, 2.05) is 0 Å². The van der Waals surface area contributed by atoms with Crippen molar-refractivity contribution in [2.75, 3.05) is 0 Å². The summed E-state index contributed by atoms with van der Waals surface area (Å²) < 4.78 is 0. The molecule has 0 aromatic heterocycles. The molecule has 5 aliphatic carbocycles. The minimum Gasteiger partial charge on any atom is -0.393 e. The summed E-state index contributed by atoms with van der Waals surface area (Å²) in [5.74, 6) is 3.02. The highest BCUT2D eigenvalue weighted by Gasteiger charge is 2.63. The normalized spacial score (nSPS) is 51.9. The van der Waals surface area contributed by atoms with E-state index in [-0.39, 0.29) is 16.9 Å². The summed E-state index contributed by atoms with van der Waals surface area (Å²) >= 11 is 0.